The van der Waals surface area contributed by atoms with Crippen molar-refractivity contribution in [1.29, 1.82) is 0 Å². The summed E-state index contributed by atoms with van der Waals surface area (Å²) in [5.74, 6) is -1.55. The molecule has 0 radical (unpaired) electrons. The number of urea groups is 1. The summed E-state index contributed by atoms with van der Waals surface area (Å²) in [6.07, 6.45) is -0.413. The number of carbonyl (C=O) groups excluding carboxylic acids is 4. The van der Waals surface area contributed by atoms with Gasteiger partial charge in [0.05, 0.1) is 5.56 Å². The highest BCUT2D eigenvalue weighted by Gasteiger charge is 2.54. The lowest BCUT2D eigenvalue weighted by molar-refractivity contribution is -0.427. The van der Waals surface area contributed by atoms with Gasteiger partial charge in [0.1, 0.15) is 5.75 Å². The number of imide groups is 1. The molecule has 0 fully saturated rings. The molecule has 9 heteroatoms. The molecule has 32 heavy (non-hydrogen) atoms. The number of hydrogen-bond donors (Lipinski definition) is 2. The SMILES string of the molecule is CCc1cccc(C)c1NC(=O)C[N+]1=C2c3ccccc3OC2C(=O)N(CC(N)=O)C1=O. The summed E-state index contributed by atoms with van der Waals surface area (Å²) in [5.41, 5.74) is 8.63. The van der Waals surface area contributed by atoms with Crippen LogP contribution in [-0.2, 0) is 20.8 Å². The fourth-order valence-electron chi connectivity index (χ4n) is 4.02. The summed E-state index contributed by atoms with van der Waals surface area (Å²) in [7, 11) is 0. The highest BCUT2D eigenvalue weighted by Crippen LogP contribution is 2.32. The summed E-state index contributed by atoms with van der Waals surface area (Å²) < 4.78 is 6.94. The quantitative estimate of drug-likeness (QED) is 0.661. The molecule has 2 aromatic carbocycles. The Morgan fingerprint density at radius 3 is 2.62 bits per heavy atom. The summed E-state index contributed by atoms with van der Waals surface area (Å²) in [5, 5.41) is 2.89. The lowest BCUT2D eigenvalue weighted by Crippen LogP contribution is -2.60. The van der Waals surface area contributed by atoms with E-state index >= 15 is 0 Å². The number of aryl methyl sites for hydroxylation is 2. The Morgan fingerprint density at radius 2 is 1.91 bits per heavy atom. The first-order valence-electron chi connectivity index (χ1n) is 10.2. The smallest absolute Gasteiger partial charge is 0.469 e. The molecule has 0 aliphatic carbocycles. The molecule has 2 aliphatic rings. The fourth-order valence-corrected chi connectivity index (χ4v) is 4.02. The predicted molar refractivity (Wildman–Crippen MR) is 116 cm³/mol. The minimum Gasteiger partial charge on any atom is -0.469 e. The molecular weight excluding hydrogens is 412 g/mol. The van der Waals surface area contributed by atoms with E-state index in [1.165, 1.54) is 4.58 Å². The second kappa shape index (κ2) is 8.26. The maximum atomic E-state index is 13.2. The third kappa shape index (κ3) is 3.62. The van der Waals surface area contributed by atoms with E-state index in [0.29, 0.717) is 17.0 Å². The minimum atomic E-state index is -1.14. The van der Waals surface area contributed by atoms with Crippen LogP contribution in [0.5, 0.6) is 5.75 Å². The molecule has 0 saturated heterocycles. The van der Waals surface area contributed by atoms with Crippen LogP contribution in [0, 0.1) is 6.92 Å². The summed E-state index contributed by atoms with van der Waals surface area (Å²) in [6.45, 7) is 2.92. The van der Waals surface area contributed by atoms with E-state index in [-0.39, 0.29) is 12.3 Å². The standard InChI is InChI=1S/C23H22N4O5/c1-3-14-8-6-7-13(2)19(14)25-18(29)12-26-20-15-9-4-5-10-16(15)32-21(20)22(30)27(23(26)31)11-17(24)28/h4-10,21H,3,11-12H2,1-2H3,(H2-,24,25,28,29)/p+1. The summed E-state index contributed by atoms with van der Waals surface area (Å²) >= 11 is 0. The van der Waals surface area contributed by atoms with Crippen LogP contribution in [0.2, 0.25) is 0 Å². The Bertz CT molecular complexity index is 1190. The van der Waals surface area contributed by atoms with E-state index in [1.54, 1.807) is 24.3 Å². The zero-order valence-electron chi connectivity index (χ0n) is 17.8. The van der Waals surface area contributed by atoms with Crippen LogP contribution in [0.3, 0.4) is 0 Å². The van der Waals surface area contributed by atoms with Gasteiger partial charge >= 0.3 is 11.9 Å². The molecule has 2 aliphatic heterocycles. The molecular formula is C23H23N4O5+. The van der Waals surface area contributed by atoms with Gasteiger partial charge < -0.3 is 15.8 Å². The van der Waals surface area contributed by atoms with Crippen molar-refractivity contribution < 1.29 is 28.5 Å². The zero-order chi connectivity index (χ0) is 23.0. The molecule has 4 rings (SSSR count). The number of primary amides is 1. The Labute approximate surface area is 184 Å². The van der Waals surface area contributed by atoms with Crippen molar-refractivity contribution in [2.45, 2.75) is 26.4 Å². The van der Waals surface area contributed by atoms with Gasteiger partial charge in [0.15, 0.2) is 18.8 Å². The number of nitrogens with one attached hydrogen (secondary N) is 1. The third-order valence-electron chi connectivity index (χ3n) is 5.52. The van der Waals surface area contributed by atoms with Crippen LogP contribution < -0.4 is 15.8 Å². The first kappa shape index (κ1) is 21.2. The van der Waals surface area contributed by atoms with Gasteiger partial charge in [0.25, 0.3) is 17.9 Å². The molecule has 5 amide bonds. The van der Waals surface area contributed by atoms with E-state index < -0.39 is 36.4 Å². The van der Waals surface area contributed by atoms with Crippen LogP contribution >= 0.6 is 0 Å². The molecule has 3 N–H and O–H groups in total. The monoisotopic (exact) mass is 435 g/mol. The van der Waals surface area contributed by atoms with E-state index in [4.69, 9.17) is 10.5 Å². The molecule has 9 nitrogen and oxygen atoms in total. The number of amides is 5. The molecule has 1 atom stereocenters. The largest absolute Gasteiger partial charge is 0.502 e. The Morgan fingerprint density at radius 1 is 1.16 bits per heavy atom. The minimum absolute atomic E-state index is 0.284. The molecule has 1 unspecified atom stereocenters. The fraction of sp³-hybridized carbons (Fsp3) is 0.261. The van der Waals surface area contributed by atoms with E-state index in [0.717, 1.165) is 22.4 Å². The van der Waals surface area contributed by atoms with Gasteiger partial charge in [0, 0.05) is 5.69 Å². The maximum Gasteiger partial charge on any atom is 0.502 e. The summed E-state index contributed by atoms with van der Waals surface area (Å²) in [4.78, 5) is 51.3. The number of anilines is 1. The van der Waals surface area contributed by atoms with E-state index in [2.05, 4.69) is 5.32 Å². The second-order valence-corrected chi connectivity index (χ2v) is 7.65. The normalized spacial score (nSPS) is 17.1. The first-order valence-corrected chi connectivity index (χ1v) is 10.2. The van der Waals surface area contributed by atoms with Gasteiger partial charge in [0.2, 0.25) is 0 Å². The lowest BCUT2D eigenvalue weighted by Gasteiger charge is -2.23. The number of rotatable bonds is 6. The van der Waals surface area contributed by atoms with Crippen molar-refractivity contribution in [2.24, 2.45) is 5.73 Å². The van der Waals surface area contributed by atoms with Crippen molar-refractivity contribution in [3.63, 3.8) is 0 Å². The summed E-state index contributed by atoms with van der Waals surface area (Å²) in [6, 6.07) is 11.8. The second-order valence-electron chi connectivity index (χ2n) is 7.65. The van der Waals surface area contributed by atoms with E-state index in [1.807, 2.05) is 32.0 Å². The molecule has 2 aromatic rings. The molecule has 0 bridgehead atoms. The molecule has 0 saturated carbocycles. The van der Waals surface area contributed by atoms with E-state index in [9.17, 15) is 19.2 Å². The van der Waals surface area contributed by atoms with Gasteiger partial charge in [-0.1, -0.05) is 37.3 Å². The molecule has 164 valence electrons. The van der Waals surface area contributed by atoms with Crippen molar-refractivity contribution >= 4 is 35.2 Å². The Kier molecular flexibility index (Phi) is 5.48. The number of nitrogens with two attached hydrogens (primary N) is 1. The molecule has 2 heterocycles. The van der Waals surface area contributed by atoms with Gasteiger partial charge in [-0.3, -0.25) is 9.59 Å². The predicted octanol–water partition coefficient (Wildman–Crippen LogP) is 1.21. The number of fused-ring (bicyclic) bond motifs is 3. The molecule has 0 aromatic heterocycles. The van der Waals surface area contributed by atoms with Gasteiger partial charge in [-0.25, -0.2) is 4.79 Å². The number of benzene rings is 2. The van der Waals surface area contributed by atoms with Crippen molar-refractivity contribution in [1.82, 2.24) is 4.90 Å². The van der Waals surface area contributed by atoms with Gasteiger partial charge in [-0.05, 0) is 36.6 Å². The average Bonchev–Trinajstić information content (AvgIpc) is 3.15. The average molecular weight is 435 g/mol. The van der Waals surface area contributed by atoms with Crippen LogP contribution in [0.1, 0.15) is 23.6 Å². The first-order chi connectivity index (χ1) is 15.3. The van der Waals surface area contributed by atoms with Crippen LogP contribution in [0.15, 0.2) is 42.5 Å². The topological polar surface area (TPSA) is 122 Å². The van der Waals surface area contributed by atoms with Gasteiger partial charge in [-0.15, -0.1) is 4.90 Å². The van der Waals surface area contributed by atoms with Crippen LogP contribution in [0.25, 0.3) is 0 Å². The zero-order valence-corrected chi connectivity index (χ0v) is 17.8. The lowest BCUT2D eigenvalue weighted by atomic mass is 10.0. The van der Waals surface area contributed by atoms with Crippen LogP contribution in [-0.4, -0.2) is 58.1 Å². The van der Waals surface area contributed by atoms with Gasteiger partial charge in [-0.2, -0.15) is 9.37 Å². The molecule has 0 spiro atoms. The number of nitrogens with zero attached hydrogens (tertiary/aromatic N) is 2. The maximum absolute atomic E-state index is 13.2. The third-order valence-corrected chi connectivity index (χ3v) is 5.52. The van der Waals surface area contributed by atoms with Crippen molar-refractivity contribution in [2.75, 3.05) is 18.4 Å². The highest BCUT2D eigenvalue weighted by atomic mass is 16.5. The van der Waals surface area contributed by atoms with Crippen molar-refractivity contribution in [3.05, 3.63) is 59.2 Å². The number of carbonyl (C=O) groups is 4. The van der Waals surface area contributed by atoms with Crippen molar-refractivity contribution in [3.8, 4) is 5.75 Å². The number of ether oxygens (including phenoxy) is 1. The number of para-hydroxylation sites is 2. The number of hydrogen-bond acceptors (Lipinski definition) is 5. The Hall–Kier alpha value is -4.01. The highest BCUT2D eigenvalue weighted by molar-refractivity contribution is 6.22. The van der Waals surface area contributed by atoms with Crippen LogP contribution in [0.4, 0.5) is 10.5 Å². The Balaban J connectivity index is 1.73.